The van der Waals surface area contributed by atoms with E-state index < -0.39 is 50.3 Å². The van der Waals surface area contributed by atoms with E-state index in [1.54, 1.807) is 0 Å². The van der Waals surface area contributed by atoms with Crippen LogP contribution in [0.2, 0.25) is 5.04 Å². The van der Waals surface area contributed by atoms with Crippen molar-refractivity contribution in [1.29, 1.82) is 0 Å². The minimum absolute atomic E-state index is 0.215. The maximum absolute atomic E-state index is 11.9. The van der Waals surface area contributed by atoms with Crippen LogP contribution in [0.5, 0.6) is 0 Å². The van der Waals surface area contributed by atoms with E-state index >= 15 is 0 Å². The lowest BCUT2D eigenvalue weighted by atomic mass is 9.87. The first-order valence-electron chi connectivity index (χ1n) is 14.6. The van der Waals surface area contributed by atoms with Crippen LogP contribution >= 0.6 is 0 Å². The van der Waals surface area contributed by atoms with Gasteiger partial charge in [0, 0.05) is 5.54 Å². The molecule has 1 unspecified atom stereocenters. The largest absolute Gasteiger partial charge is 0.388 e. The molecule has 0 radical (unpaired) electrons. The van der Waals surface area contributed by atoms with Gasteiger partial charge in [0.05, 0.1) is 0 Å². The lowest BCUT2D eigenvalue weighted by molar-refractivity contribution is -0.233. The zero-order valence-electron chi connectivity index (χ0n) is 24.7. The van der Waals surface area contributed by atoms with E-state index in [-0.39, 0.29) is 5.04 Å². The fraction of sp³-hybridized carbons (Fsp3) is 0.625. The van der Waals surface area contributed by atoms with Gasteiger partial charge in [-0.1, -0.05) is 87.9 Å². The van der Waals surface area contributed by atoms with Crippen molar-refractivity contribution in [3.63, 3.8) is 0 Å². The number of fused-ring (bicyclic) bond motifs is 1. The maximum atomic E-state index is 11.9. The van der Waals surface area contributed by atoms with E-state index in [0.717, 1.165) is 25.9 Å². The summed E-state index contributed by atoms with van der Waals surface area (Å²) in [5.74, 6) is -0.792. The summed E-state index contributed by atoms with van der Waals surface area (Å²) in [5, 5.41) is 14.1. The monoisotopic (exact) mass is 553 g/mol. The van der Waals surface area contributed by atoms with E-state index in [0.29, 0.717) is 0 Å². The van der Waals surface area contributed by atoms with Crippen molar-refractivity contribution >= 4 is 18.7 Å². The number of hydrogen-bond donors (Lipinski definition) is 1. The molecule has 3 aliphatic heterocycles. The fourth-order valence-electron chi connectivity index (χ4n) is 6.87. The molecule has 2 aromatic rings. The van der Waals surface area contributed by atoms with Crippen LogP contribution in [0.4, 0.5) is 0 Å². The normalized spacial score (nSPS) is 28.8. The molecule has 3 fully saturated rings. The van der Waals surface area contributed by atoms with E-state index in [9.17, 15) is 5.11 Å². The highest BCUT2D eigenvalue weighted by Gasteiger charge is 2.63. The molecule has 5 atom stereocenters. The summed E-state index contributed by atoms with van der Waals surface area (Å²) >= 11 is 0. The van der Waals surface area contributed by atoms with Crippen LogP contribution in [-0.4, -0.2) is 73.4 Å². The first-order valence-corrected chi connectivity index (χ1v) is 16.5. The van der Waals surface area contributed by atoms with Crippen LogP contribution in [0, 0.1) is 0 Å². The molecule has 0 aromatic heterocycles. The minimum atomic E-state index is -2.92. The third-order valence-electron chi connectivity index (χ3n) is 8.96. The lowest BCUT2D eigenvalue weighted by Crippen LogP contribution is -2.68. The van der Waals surface area contributed by atoms with Crippen molar-refractivity contribution in [3.05, 3.63) is 60.7 Å². The molecule has 0 saturated carbocycles. The molecular formula is C32H47NO5Si. The van der Waals surface area contributed by atoms with E-state index in [1.165, 1.54) is 16.8 Å². The Bertz CT molecular complexity index is 1060. The Balaban J connectivity index is 1.54. The first-order chi connectivity index (χ1) is 18.4. The van der Waals surface area contributed by atoms with Crippen molar-refractivity contribution in [2.75, 3.05) is 13.1 Å². The summed E-state index contributed by atoms with van der Waals surface area (Å²) in [4.78, 5) is 2.40. The second-order valence-corrected chi connectivity index (χ2v) is 17.7. The topological polar surface area (TPSA) is 60.4 Å². The number of piperidine rings is 1. The zero-order valence-corrected chi connectivity index (χ0v) is 25.7. The van der Waals surface area contributed by atoms with E-state index in [2.05, 4.69) is 88.0 Å². The predicted octanol–water partition coefficient (Wildman–Crippen LogP) is 4.43. The summed E-state index contributed by atoms with van der Waals surface area (Å²) < 4.78 is 27.0. The molecular weight excluding hydrogens is 506 g/mol. The quantitative estimate of drug-likeness (QED) is 0.512. The summed E-state index contributed by atoms with van der Waals surface area (Å²) in [6, 6.07) is 21.1. The summed E-state index contributed by atoms with van der Waals surface area (Å²) in [7, 11) is -2.92. The van der Waals surface area contributed by atoms with Gasteiger partial charge in [0.15, 0.2) is 12.1 Å². The standard InChI is InChI=1S/C32H47NO5Si/c1-30(2,3)39(23-17-11-8-12-18-23,24-19-13-9-14-20-24)38-29-27-25(36-32(6,7)37-27)26(35-29)28(34)31(4,5)33-21-15-10-16-22-33/h8-9,11-14,17-20,25-29,34H,10,15-16,21-22H2,1-7H3/t25-,26-,27-,28?,29+/m0/s1. The molecule has 2 aromatic carbocycles. The van der Waals surface area contributed by atoms with E-state index in [4.69, 9.17) is 18.6 Å². The van der Waals surface area contributed by atoms with Crippen molar-refractivity contribution < 1.29 is 23.7 Å². The van der Waals surface area contributed by atoms with E-state index in [1.807, 2.05) is 26.0 Å². The van der Waals surface area contributed by atoms with Gasteiger partial charge in [-0.25, -0.2) is 0 Å². The van der Waals surface area contributed by atoms with Gasteiger partial charge in [-0.05, 0) is 69.0 Å². The molecule has 5 rings (SSSR count). The number of hydrogen-bond acceptors (Lipinski definition) is 6. The summed E-state index contributed by atoms with van der Waals surface area (Å²) in [6.07, 6.45) is 0.651. The van der Waals surface area contributed by atoms with Crippen LogP contribution < -0.4 is 10.4 Å². The summed E-state index contributed by atoms with van der Waals surface area (Å²) in [6.45, 7) is 16.9. The zero-order chi connectivity index (χ0) is 28.1. The van der Waals surface area contributed by atoms with Crippen molar-refractivity contribution in [2.45, 2.75) is 115 Å². The molecule has 3 heterocycles. The molecule has 7 heteroatoms. The molecule has 3 saturated heterocycles. The third kappa shape index (κ3) is 5.28. The van der Waals surface area contributed by atoms with Crippen molar-refractivity contribution in [1.82, 2.24) is 4.90 Å². The minimum Gasteiger partial charge on any atom is -0.388 e. The SMILES string of the molecule is CC1(C)O[C@@H]2[C@@H](O[Si](c3ccccc3)(c3ccccc3)C(C)(C)C)O[C@H](C(O)C(C)(C)N3CCCCC3)[C@@H]2O1. The van der Waals surface area contributed by atoms with Gasteiger partial charge in [-0.3, -0.25) is 4.90 Å². The van der Waals surface area contributed by atoms with Crippen LogP contribution in [0.25, 0.3) is 0 Å². The van der Waals surface area contributed by atoms with Gasteiger partial charge in [-0.2, -0.15) is 0 Å². The average Bonchev–Trinajstić information content (AvgIpc) is 3.40. The molecule has 3 aliphatic rings. The highest BCUT2D eigenvalue weighted by atomic mass is 28.4. The molecule has 1 N–H and O–H groups in total. The van der Waals surface area contributed by atoms with Crippen LogP contribution in [0.15, 0.2) is 60.7 Å². The third-order valence-corrected chi connectivity index (χ3v) is 14.0. The second-order valence-electron chi connectivity index (χ2n) is 13.5. The number of nitrogens with zero attached hydrogens (tertiary/aromatic N) is 1. The molecule has 0 spiro atoms. The number of benzene rings is 2. The van der Waals surface area contributed by atoms with Crippen LogP contribution in [-0.2, 0) is 18.6 Å². The van der Waals surface area contributed by atoms with Gasteiger partial charge < -0.3 is 23.7 Å². The molecule has 6 nitrogen and oxygen atoms in total. The number of aliphatic hydroxyl groups is 1. The Labute approximate surface area is 235 Å². The second kappa shape index (κ2) is 10.7. The smallest absolute Gasteiger partial charge is 0.264 e. The molecule has 0 amide bonds. The van der Waals surface area contributed by atoms with Crippen LogP contribution in [0.3, 0.4) is 0 Å². The highest BCUT2D eigenvalue weighted by Crippen LogP contribution is 2.46. The maximum Gasteiger partial charge on any atom is 0.264 e. The van der Waals surface area contributed by atoms with Gasteiger partial charge in [0.1, 0.15) is 24.4 Å². The molecule has 214 valence electrons. The van der Waals surface area contributed by atoms with Gasteiger partial charge in [0.25, 0.3) is 8.32 Å². The number of ether oxygens (including phenoxy) is 3. The average molecular weight is 554 g/mol. The van der Waals surface area contributed by atoms with Crippen LogP contribution in [0.1, 0.15) is 67.7 Å². The summed E-state index contributed by atoms with van der Waals surface area (Å²) in [5.41, 5.74) is -0.474. The molecule has 0 aliphatic carbocycles. The first kappa shape index (κ1) is 28.9. The van der Waals surface area contributed by atoms with Gasteiger partial charge in [0.2, 0.25) is 0 Å². The number of aliphatic hydroxyl groups excluding tert-OH is 1. The Morgan fingerprint density at radius 2 is 1.36 bits per heavy atom. The number of likely N-dealkylation sites (tertiary alicyclic amines) is 1. The number of rotatable bonds is 7. The fourth-order valence-corrected chi connectivity index (χ4v) is 11.4. The predicted molar refractivity (Wildman–Crippen MR) is 157 cm³/mol. The van der Waals surface area contributed by atoms with Gasteiger partial charge >= 0.3 is 0 Å². The molecule has 0 bridgehead atoms. The van der Waals surface area contributed by atoms with Crippen molar-refractivity contribution in [2.24, 2.45) is 0 Å². The Morgan fingerprint density at radius 1 is 0.846 bits per heavy atom. The van der Waals surface area contributed by atoms with Gasteiger partial charge in [-0.15, -0.1) is 0 Å². The highest BCUT2D eigenvalue weighted by molar-refractivity contribution is 6.99. The Kier molecular flexibility index (Phi) is 7.92. The lowest BCUT2D eigenvalue weighted by Gasteiger charge is -2.46. The Hall–Kier alpha value is -1.58. The molecule has 39 heavy (non-hydrogen) atoms. The van der Waals surface area contributed by atoms with Crippen molar-refractivity contribution in [3.8, 4) is 0 Å². The Morgan fingerprint density at radius 3 is 1.87 bits per heavy atom.